The van der Waals surface area contributed by atoms with Crippen LogP contribution in [0.2, 0.25) is 0 Å². The highest BCUT2D eigenvalue weighted by molar-refractivity contribution is 7.91. The summed E-state index contributed by atoms with van der Waals surface area (Å²) in [6.45, 7) is 4.44. The number of sulfonamides is 1. The maximum Gasteiger partial charge on any atom is 0.265 e. The Morgan fingerprint density at radius 2 is 1.76 bits per heavy atom. The number of nitrogens with zero attached hydrogens (tertiary/aromatic N) is 4. The second-order valence-corrected chi connectivity index (χ2v) is 10.8. The van der Waals surface area contributed by atoms with E-state index in [1.165, 1.54) is 4.68 Å². The molecule has 1 aromatic carbocycles. The van der Waals surface area contributed by atoms with Crippen LogP contribution in [-0.2, 0) is 42.2 Å². The van der Waals surface area contributed by atoms with Gasteiger partial charge in [-0.25, -0.2) is 23.2 Å². The molecule has 0 fully saturated rings. The van der Waals surface area contributed by atoms with E-state index in [-0.39, 0.29) is 23.4 Å². The van der Waals surface area contributed by atoms with Crippen LogP contribution in [0.15, 0.2) is 28.7 Å². The van der Waals surface area contributed by atoms with Gasteiger partial charge >= 0.3 is 0 Å². The molecule has 14 nitrogen and oxygen atoms in total. The maximum absolute atomic E-state index is 12.1. The monoisotopic (exact) mass is 571 g/mol. The van der Waals surface area contributed by atoms with Gasteiger partial charge in [0.1, 0.15) is 24.6 Å². The van der Waals surface area contributed by atoms with Crippen molar-refractivity contribution in [2.24, 2.45) is 10.9 Å². The second-order valence-electron chi connectivity index (χ2n) is 8.03. The molecule has 0 bridgehead atoms. The summed E-state index contributed by atoms with van der Waals surface area (Å²) in [5.74, 6) is 0.317. The molecule has 0 aliphatic heterocycles. The molecule has 1 amide bonds. The summed E-state index contributed by atoms with van der Waals surface area (Å²) in [6, 6.07) is 5.00. The average Bonchev–Trinajstić information content (AvgIpc) is 3.52. The van der Waals surface area contributed by atoms with E-state index < -0.39 is 10.0 Å². The van der Waals surface area contributed by atoms with Crippen molar-refractivity contribution in [1.29, 1.82) is 0 Å². The first-order chi connectivity index (χ1) is 18.3. The maximum atomic E-state index is 12.1. The number of ether oxygens (including phenoxy) is 4. The van der Waals surface area contributed by atoms with Crippen molar-refractivity contribution in [3.63, 3.8) is 0 Å². The molecule has 0 radical (unpaired) electrons. The first-order valence-electron chi connectivity index (χ1n) is 12.0. The summed E-state index contributed by atoms with van der Waals surface area (Å²) >= 11 is 0.967. The molecule has 5 N–H and O–H groups in total. The lowest BCUT2D eigenvalue weighted by molar-refractivity contribution is -0.121. The number of amides is 1. The van der Waals surface area contributed by atoms with Gasteiger partial charge in [-0.1, -0.05) is 5.21 Å². The Balaban J connectivity index is 1.26. The van der Waals surface area contributed by atoms with Gasteiger partial charge in [0.2, 0.25) is 10.2 Å². The molecule has 0 aliphatic carbocycles. The highest BCUT2D eigenvalue weighted by atomic mass is 32.2. The third-order valence-electron chi connectivity index (χ3n) is 4.89. The van der Waals surface area contributed by atoms with Crippen molar-refractivity contribution in [3.05, 3.63) is 30.1 Å². The highest BCUT2D eigenvalue weighted by Gasteiger charge is 2.15. The van der Waals surface area contributed by atoms with E-state index in [0.717, 1.165) is 17.8 Å². The first kappa shape index (κ1) is 29.8. The van der Waals surface area contributed by atoms with Gasteiger partial charge < -0.3 is 30.0 Å². The molecule has 0 unspecified atom stereocenters. The zero-order chi connectivity index (χ0) is 27.2. The number of nitrogens with two attached hydrogens (primary N) is 2. The zero-order valence-corrected chi connectivity index (χ0v) is 22.5. The zero-order valence-electron chi connectivity index (χ0n) is 20.9. The number of benzene rings is 1. The molecule has 210 valence electrons. The predicted octanol–water partition coefficient (Wildman–Crippen LogP) is 0.0191. The lowest BCUT2D eigenvalue weighted by Crippen LogP contribution is -2.29. The van der Waals surface area contributed by atoms with Crippen LogP contribution >= 0.6 is 11.3 Å². The molecular weight excluding hydrogens is 538 g/mol. The lowest BCUT2D eigenvalue weighted by Gasteiger charge is -2.07. The Labute approximate surface area is 224 Å². The fourth-order valence-corrected chi connectivity index (χ4v) is 4.75. The third-order valence-corrected chi connectivity index (χ3v) is 7.22. The van der Waals surface area contributed by atoms with Crippen molar-refractivity contribution in [1.82, 2.24) is 25.3 Å². The van der Waals surface area contributed by atoms with Crippen molar-refractivity contribution < 1.29 is 32.2 Å². The normalized spacial score (nSPS) is 11.7. The minimum atomic E-state index is -3.86. The van der Waals surface area contributed by atoms with Gasteiger partial charge in [0.15, 0.2) is 0 Å². The quantitative estimate of drug-likeness (QED) is 0.164. The van der Waals surface area contributed by atoms with Gasteiger partial charge in [0.05, 0.1) is 42.8 Å². The van der Waals surface area contributed by atoms with Gasteiger partial charge in [0, 0.05) is 19.8 Å². The molecule has 3 aromatic rings. The molecule has 3 rings (SSSR count). The van der Waals surface area contributed by atoms with Gasteiger partial charge in [-0.05, 0) is 37.6 Å². The molecule has 0 spiro atoms. The van der Waals surface area contributed by atoms with E-state index in [4.69, 9.17) is 29.8 Å². The Kier molecular flexibility index (Phi) is 12.3. The number of thiazole rings is 1. The number of carbonyl (C=O) groups excluding carboxylic acids is 1. The average molecular weight is 572 g/mol. The van der Waals surface area contributed by atoms with Crippen LogP contribution < -0.4 is 20.9 Å². The SMILES string of the molecule is NCCCOCCOCCOCCCNC(=O)Cn1cc(COc2ccc3nc(S(N)(=O)=O)sc3c2)nn1. The van der Waals surface area contributed by atoms with Gasteiger partial charge in [-0.2, -0.15) is 0 Å². The van der Waals surface area contributed by atoms with Crippen LogP contribution in [0, 0.1) is 0 Å². The number of carbonyl (C=O) groups is 1. The standard InChI is InChI=1S/C22H33N7O7S2/c23-5-1-7-33-9-11-35-12-10-34-8-2-6-25-21(30)15-29-14-17(27-28-29)16-36-18-3-4-19-20(13-18)37-22(26-19)38(24,31)32/h3-4,13-14H,1-2,5-12,15-16,23H2,(H,25,30)(H2,24,31,32). The van der Waals surface area contributed by atoms with Gasteiger partial charge in [0.25, 0.3) is 10.0 Å². The van der Waals surface area contributed by atoms with E-state index in [1.807, 2.05) is 0 Å². The Morgan fingerprint density at radius 3 is 2.47 bits per heavy atom. The third kappa shape index (κ3) is 10.6. The molecule has 0 saturated carbocycles. The molecule has 2 heterocycles. The molecule has 2 aromatic heterocycles. The van der Waals surface area contributed by atoms with Gasteiger partial charge in [-0.3, -0.25) is 4.79 Å². The van der Waals surface area contributed by atoms with Crippen LogP contribution in [0.3, 0.4) is 0 Å². The van der Waals surface area contributed by atoms with Crippen molar-refractivity contribution in [2.75, 3.05) is 52.7 Å². The van der Waals surface area contributed by atoms with Crippen molar-refractivity contribution >= 4 is 37.5 Å². The molecule has 0 aliphatic rings. The summed E-state index contributed by atoms with van der Waals surface area (Å²) in [4.78, 5) is 16.1. The molecule has 16 heteroatoms. The van der Waals surface area contributed by atoms with Crippen LogP contribution in [-0.4, -0.2) is 87.0 Å². The smallest absolute Gasteiger partial charge is 0.265 e. The fourth-order valence-electron chi connectivity index (χ4n) is 3.07. The van der Waals surface area contributed by atoms with Crippen molar-refractivity contribution in [3.8, 4) is 5.75 Å². The largest absolute Gasteiger partial charge is 0.487 e. The van der Waals surface area contributed by atoms with Crippen molar-refractivity contribution in [2.45, 2.75) is 30.3 Å². The Morgan fingerprint density at radius 1 is 1.05 bits per heavy atom. The number of fused-ring (bicyclic) bond motifs is 1. The predicted molar refractivity (Wildman–Crippen MR) is 139 cm³/mol. The van der Waals surface area contributed by atoms with Crippen LogP contribution in [0.4, 0.5) is 0 Å². The van der Waals surface area contributed by atoms with E-state index in [1.54, 1.807) is 24.4 Å². The molecular formula is C22H33N7O7S2. The topological polar surface area (TPSA) is 196 Å². The molecule has 0 saturated heterocycles. The Hall–Kier alpha value is -2.73. The number of hydrogen-bond donors (Lipinski definition) is 3. The number of primary sulfonamides is 1. The second kappa shape index (κ2) is 15.6. The lowest BCUT2D eigenvalue weighted by atomic mass is 10.3. The van der Waals surface area contributed by atoms with Crippen LogP contribution in [0.25, 0.3) is 10.2 Å². The number of hydrogen-bond acceptors (Lipinski definition) is 12. The summed E-state index contributed by atoms with van der Waals surface area (Å²) in [5, 5.41) is 15.9. The van der Waals surface area contributed by atoms with Crippen LogP contribution in [0.1, 0.15) is 18.5 Å². The molecule has 0 atom stereocenters. The van der Waals surface area contributed by atoms with E-state index in [0.29, 0.717) is 80.8 Å². The fraction of sp³-hybridized carbons (Fsp3) is 0.545. The molecule has 38 heavy (non-hydrogen) atoms. The summed E-state index contributed by atoms with van der Waals surface area (Å²) in [5.41, 5.74) is 6.43. The highest BCUT2D eigenvalue weighted by Crippen LogP contribution is 2.28. The number of rotatable bonds is 19. The first-order valence-corrected chi connectivity index (χ1v) is 14.4. The number of nitrogens with one attached hydrogen (secondary N) is 1. The minimum Gasteiger partial charge on any atom is -0.487 e. The Bertz CT molecular complexity index is 1250. The summed E-state index contributed by atoms with van der Waals surface area (Å²) in [6.07, 6.45) is 3.14. The number of aromatic nitrogens is 4. The van der Waals surface area contributed by atoms with E-state index in [9.17, 15) is 13.2 Å². The minimum absolute atomic E-state index is 0.0260. The van der Waals surface area contributed by atoms with Gasteiger partial charge in [-0.15, -0.1) is 16.4 Å². The summed E-state index contributed by atoms with van der Waals surface area (Å²) in [7, 11) is -3.86. The van der Waals surface area contributed by atoms with Crippen LogP contribution in [0.5, 0.6) is 5.75 Å². The summed E-state index contributed by atoms with van der Waals surface area (Å²) < 4.78 is 46.8. The van der Waals surface area contributed by atoms with E-state index in [2.05, 4.69) is 20.6 Å². The van der Waals surface area contributed by atoms with E-state index >= 15 is 0 Å².